The lowest BCUT2D eigenvalue weighted by Gasteiger charge is -1.97. The molecular formula is C11H10BrNO2. The number of esters is 1. The van der Waals surface area contributed by atoms with E-state index in [1.807, 2.05) is 0 Å². The number of ether oxygens (including phenoxy) is 1. The number of nitrogens with zero attached hydrogens (tertiary/aromatic N) is 1. The molecule has 0 amide bonds. The fourth-order valence-electron chi connectivity index (χ4n) is 0.950. The molecule has 0 radical (unpaired) electrons. The molecule has 1 heterocycles. The normalized spacial score (nSPS) is 8.93. The number of aromatic nitrogens is 1. The molecule has 0 saturated heterocycles. The van der Waals surface area contributed by atoms with Crippen molar-refractivity contribution in [2.45, 2.75) is 6.42 Å². The van der Waals surface area contributed by atoms with E-state index in [-0.39, 0.29) is 0 Å². The van der Waals surface area contributed by atoms with Gasteiger partial charge in [-0.15, -0.1) is 0 Å². The molecular weight excluding hydrogens is 258 g/mol. The molecule has 0 aliphatic rings. The second-order valence-electron chi connectivity index (χ2n) is 2.69. The minimum atomic E-state index is -0.397. The Kier molecular flexibility index (Phi) is 4.85. The molecule has 1 aromatic rings. The van der Waals surface area contributed by atoms with Crippen molar-refractivity contribution in [2.75, 3.05) is 12.4 Å². The molecule has 1 rings (SSSR count). The van der Waals surface area contributed by atoms with Gasteiger partial charge in [0.25, 0.3) is 0 Å². The Morgan fingerprint density at radius 3 is 3.07 bits per heavy atom. The molecule has 0 aromatic carbocycles. The minimum Gasteiger partial charge on any atom is -0.465 e. The van der Waals surface area contributed by atoms with Crippen LogP contribution in [0.3, 0.4) is 0 Å². The zero-order valence-electron chi connectivity index (χ0n) is 8.29. The summed E-state index contributed by atoms with van der Waals surface area (Å²) in [6.45, 7) is 0. The summed E-state index contributed by atoms with van der Waals surface area (Å²) in [5.74, 6) is 5.46. The van der Waals surface area contributed by atoms with Crippen LogP contribution < -0.4 is 0 Å². The highest BCUT2D eigenvalue weighted by Crippen LogP contribution is 2.03. The van der Waals surface area contributed by atoms with Gasteiger partial charge in [0.1, 0.15) is 0 Å². The molecule has 15 heavy (non-hydrogen) atoms. The summed E-state index contributed by atoms with van der Waals surface area (Å²) in [4.78, 5) is 15.1. The van der Waals surface area contributed by atoms with Crippen LogP contribution in [0.25, 0.3) is 0 Å². The van der Waals surface area contributed by atoms with Gasteiger partial charge in [-0.2, -0.15) is 0 Å². The van der Waals surface area contributed by atoms with Crippen molar-refractivity contribution in [3.63, 3.8) is 0 Å². The van der Waals surface area contributed by atoms with Gasteiger partial charge in [0.05, 0.1) is 12.7 Å². The number of carbonyl (C=O) groups is 1. The number of halogens is 1. The zero-order chi connectivity index (χ0) is 11.1. The predicted octanol–water partition coefficient (Wildman–Crippen LogP) is 2.00. The third-order valence-corrected chi connectivity index (χ3v) is 2.01. The fraction of sp³-hybridized carbons (Fsp3) is 0.273. The third-order valence-electron chi connectivity index (χ3n) is 1.61. The van der Waals surface area contributed by atoms with Crippen molar-refractivity contribution >= 4 is 21.9 Å². The molecule has 3 nitrogen and oxygen atoms in total. The first-order valence-electron chi connectivity index (χ1n) is 4.36. The van der Waals surface area contributed by atoms with E-state index in [9.17, 15) is 4.79 Å². The van der Waals surface area contributed by atoms with Gasteiger partial charge in [0.2, 0.25) is 0 Å². The quantitative estimate of drug-likeness (QED) is 0.468. The van der Waals surface area contributed by atoms with Crippen LogP contribution >= 0.6 is 15.9 Å². The molecule has 4 heteroatoms. The van der Waals surface area contributed by atoms with Gasteiger partial charge in [-0.05, 0) is 6.07 Å². The Hall–Kier alpha value is -1.34. The largest absolute Gasteiger partial charge is 0.465 e. The molecule has 0 aliphatic carbocycles. The minimum absolute atomic E-state index is 0.397. The molecule has 0 unspecified atom stereocenters. The summed E-state index contributed by atoms with van der Waals surface area (Å²) in [7, 11) is 1.34. The van der Waals surface area contributed by atoms with Crippen molar-refractivity contribution in [2.24, 2.45) is 0 Å². The first kappa shape index (κ1) is 11.7. The Labute approximate surface area is 97.0 Å². The van der Waals surface area contributed by atoms with Gasteiger partial charge >= 0.3 is 5.97 Å². The molecule has 0 spiro atoms. The van der Waals surface area contributed by atoms with E-state index >= 15 is 0 Å². The second-order valence-corrected chi connectivity index (χ2v) is 3.49. The molecule has 0 N–H and O–H groups in total. The lowest BCUT2D eigenvalue weighted by molar-refractivity contribution is 0.0600. The number of carbonyl (C=O) groups excluding carboxylic acids is 1. The van der Waals surface area contributed by atoms with Crippen molar-refractivity contribution < 1.29 is 9.53 Å². The topological polar surface area (TPSA) is 39.2 Å². The first-order chi connectivity index (χ1) is 7.27. The maximum atomic E-state index is 11.2. The van der Waals surface area contributed by atoms with E-state index in [0.717, 1.165) is 17.3 Å². The van der Waals surface area contributed by atoms with Gasteiger partial charge < -0.3 is 4.74 Å². The number of alkyl halides is 1. The van der Waals surface area contributed by atoms with E-state index in [0.29, 0.717) is 5.56 Å². The highest BCUT2D eigenvalue weighted by Gasteiger charge is 2.04. The number of rotatable bonds is 2. The third kappa shape index (κ3) is 3.72. The monoisotopic (exact) mass is 267 g/mol. The van der Waals surface area contributed by atoms with Crippen LogP contribution in [0, 0.1) is 11.8 Å². The van der Waals surface area contributed by atoms with Crippen molar-refractivity contribution in [1.82, 2.24) is 4.98 Å². The number of hydrogen-bond acceptors (Lipinski definition) is 3. The zero-order valence-corrected chi connectivity index (χ0v) is 9.87. The number of methoxy groups -OCH3 is 1. The van der Waals surface area contributed by atoms with Crippen LogP contribution in [0.15, 0.2) is 18.5 Å². The van der Waals surface area contributed by atoms with Gasteiger partial charge in [-0.1, -0.05) is 27.8 Å². The molecule has 0 atom stereocenters. The summed E-state index contributed by atoms with van der Waals surface area (Å²) < 4.78 is 4.58. The maximum Gasteiger partial charge on any atom is 0.339 e. The molecule has 1 aromatic heterocycles. The van der Waals surface area contributed by atoms with Gasteiger partial charge in [-0.3, -0.25) is 4.98 Å². The Morgan fingerprint density at radius 1 is 1.60 bits per heavy atom. The van der Waals surface area contributed by atoms with Crippen molar-refractivity contribution in [1.29, 1.82) is 0 Å². The second kappa shape index (κ2) is 6.20. The van der Waals surface area contributed by atoms with Crippen molar-refractivity contribution in [3.05, 3.63) is 29.6 Å². The molecule has 0 saturated carbocycles. The van der Waals surface area contributed by atoms with Crippen LogP contribution in [-0.4, -0.2) is 23.4 Å². The van der Waals surface area contributed by atoms with Gasteiger partial charge in [0, 0.05) is 29.7 Å². The van der Waals surface area contributed by atoms with Gasteiger partial charge in [0.15, 0.2) is 0 Å². The van der Waals surface area contributed by atoms with E-state index in [2.05, 4.69) is 37.5 Å². The van der Waals surface area contributed by atoms with Crippen LogP contribution in [0.4, 0.5) is 0 Å². The smallest absolute Gasteiger partial charge is 0.339 e. The maximum absolute atomic E-state index is 11.2. The van der Waals surface area contributed by atoms with E-state index < -0.39 is 5.97 Å². The van der Waals surface area contributed by atoms with Crippen LogP contribution in [0.1, 0.15) is 22.3 Å². The summed E-state index contributed by atoms with van der Waals surface area (Å²) in [5.41, 5.74) is 1.14. The SMILES string of the molecule is COC(=O)c1cncc(C#CCCBr)c1. The van der Waals surface area contributed by atoms with Crippen LogP contribution in [0.5, 0.6) is 0 Å². The van der Waals surface area contributed by atoms with Crippen LogP contribution in [0.2, 0.25) is 0 Å². The molecule has 0 aliphatic heterocycles. The molecule has 0 bridgehead atoms. The summed E-state index contributed by atoms with van der Waals surface area (Å²) in [5, 5.41) is 0.837. The fourth-order valence-corrected chi connectivity index (χ4v) is 1.15. The summed E-state index contributed by atoms with van der Waals surface area (Å²) >= 11 is 3.28. The average molecular weight is 268 g/mol. The average Bonchev–Trinajstić information content (AvgIpc) is 2.29. The molecule has 78 valence electrons. The molecule has 0 fully saturated rings. The Morgan fingerprint density at radius 2 is 2.40 bits per heavy atom. The van der Waals surface area contributed by atoms with E-state index in [4.69, 9.17) is 0 Å². The Balaban J connectivity index is 2.84. The summed E-state index contributed by atoms with van der Waals surface area (Å²) in [6, 6.07) is 1.67. The van der Waals surface area contributed by atoms with Crippen LogP contribution in [-0.2, 0) is 4.74 Å². The number of hydrogen-bond donors (Lipinski definition) is 0. The van der Waals surface area contributed by atoms with Gasteiger partial charge in [-0.25, -0.2) is 4.79 Å². The van der Waals surface area contributed by atoms with E-state index in [1.54, 1.807) is 12.3 Å². The van der Waals surface area contributed by atoms with Crippen molar-refractivity contribution in [3.8, 4) is 11.8 Å². The standard InChI is InChI=1S/C11H10BrNO2/c1-15-11(14)10-6-9(7-13-8-10)4-2-3-5-12/h6-8H,3,5H2,1H3. The highest BCUT2D eigenvalue weighted by atomic mass is 79.9. The highest BCUT2D eigenvalue weighted by molar-refractivity contribution is 9.09. The first-order valence-corrected chi connectivity index (χ1v) is 5.48. The Bertz CT molecular complexity index is 407. The lowest BCUT2D eigenvalue weighted by Crippen LogP contribution is -2.01. The lowest BCUT2D eigenvalue weighted by atomic mass is 10.2. The predicted molar refractivity (Wildman–Crippen MR) is 60.9 cm³/mol. The summed E-state index contributed by atoms with van der Waals surface area (Å²) in [6.07, 6.45) is 3.84. The van der Waals surface area contributed by atoms with E-state index in [1.165, 1.54) is 13.3 Å². The number of pyridine rings is 1.